The van der Waals surface area contributed by atoms with E-state index in [1.165, 1.54) is 17.8 Å². The van der Waals surface area contributed by atoms with Gasteiger partial charge in [0.1, 0.15) is 27.6 Å². The van der Waals surface area contributed by atoms with E-state index in [4.69, 9.17) is 12.2 Å². The minimum absolute atomic E-state index is 0.0239. The third-order valence-electron chi connectivity index (χ3n) is 7.20. The number of pyridine rings is 1. The Morgan fingerprint density at radius 3 is 2.42 bits per heavy atom. The summed E-state index contributed by atoms with van der Waals surface area (Å²) in [5.74, 6) is 0.272. The largest absolute Gasteiger partial charge is 0.366 e. The van der Waals surface area contributed by atoms with Crippen molar-refractivity contribution in [3.05, 3.63) is 62.0 Å². The number of hydrogen-bond donors (Lipinski definition) is 0. The van der Waals surface area contributed by atoms with Crippen molar-refractivity contribution in [3.63, 3.8) is 0 Å². The van der Waals surface area contributed by atoms with Gasteiger partial charge in [-0.15, -0.1) is 0 Å². The van der Waals surface area contributed by atoms with Crippen molar-refractivity contribution in [2.45, 2.75) is 53.1 Å². The van der Waals surface area contributed by atoms with Gasteiger partial charge in [0.15, 0.2) is 0 Å². The third-order valence-corrected chi connectivity index (χ3v) is 8.53. The van der Waals surface area contributed by atoms with Crippen LogP contribution in [-0.4, -0.2) is 51.9 Å². The van der Waals surface area contributed by atoms with Crippen molar-refractivity contribution < 1.29 is 9.18 Å². The SMILES string of the molecule is CCCn1c(N2CCN(c3ccccc3F)CC2)c(C=C2SC(=S)N(C(C)CC)C2=O)c(C)c(C#N)c1=O. The van der Waals surface area contributed by atoms with E-state index in [0.717, 1.165) is 6.42 Å². The molecule has 0 saturated carbocycles. The van der Waals surface area contributed by atoms with E-state index in [1.54, 1.807) is 34.6 Å². The highest BCUT2D eigenvalue weighted by molar-refractivity contribution is 8.26. The van der Waals surface area contributed by atoms with E-state index in [1.807, 2.05) is 31.7 Å². The fourth-order valence-corrected chi connectivity index (χ4v) is 6.40. The summed E-state index contributed by atoms with van der Waals surface area (Å²) in [6, 6.07) is 8.79. The molecule has 2 aliphatic rings. The number of aromatic nitrogens is 1. The summed E-state index contributed by atoms with van der Waals surface area (Å²) in [4.78, 5) is 33.0. The second kappa shape index (κ2) is 11.7. The number of thiocarbonyl (C=S) groups is 1. The number of carbonyl (C=O) groups is 1. The Balaban J connectivity index is 1.80. The predicted octanol–water partition coefficient (Wildman–Crippen LogP) is 4.90. The van der Waals surface area contributed by atoms with Crippen LogP contribution < -0.4 is 15.4 Å². The van der Waals surface area contributed by atoms with Crippen LogP contribution >= 0.6 is 24.0 Å². The summed E-state index contributed by atoms with van der Waals surface area (Å²) in [6.07, 6.45) is 3.27. The molecule has 2 fully saturated rings. The molecule has 0 radical (unpaired) electrons. The van der Waals surface area contributed by atoms with Gasteiger partial charge in [0.25, 0.3) is 11.5 Å². The van der Waals surface area contributed by atoms with Crippen LogP contribution in [0.3, 0.4) is 0 Å². The molecule has 1 amide bonds. The maximum atomic E-state index is 14.4. The first-order valence-corrected chi connectivity index (χ1v) is 14.1. The molecule has 1 aromatic carbocycles. The number of thioether (sulfide) groups is 1. The van der Waals surface area contributed by atoms with E-state index in [-0.39, 0.29) is 28.9 Å². The van der Waals surface area contributed by atoms with Crippen molar-refractivity contribution in [2.24, 2.45) is 0 Å². The molecule has 10 heteroatoms. The topological polar surface area (TPSA) is 72.6 Å². The highest BCUT2D eigenvalue weighted by atomic mass is 32.2. The number of anilines is 2. The zero-order valence-electron chi connectivity index (χ0n) is 22.2. The monoisotopic (exact) mass is 553 g/mol. The molecule has 1 atom stereocenters. The fraction of sp³-hybridized carbons (Fsp3) is 0.429. The van der Waals surface area contributed by atoms with Crippen LogP contribution in [0.15, 0.2) is 34.0 Å². The zero-order valence-corrected chi connectivity index (χ0v) is 23.8. The number of benzene rings is 1. The van der Waals surface area contributed by atoms with Gasteiger partial charge >= 0.3 is 0 Å². The average molecular weight is 554 g/mol. The lowest BCUT2D eigenvalue weighted by Crippen LogP contribution is -2.49. The van der Waals surface area contributed by atoms with Gasteiger partial charge in [0.2, 0.25) is 0 Å². The normalized spacial score (nSPS) is 17.9. The van der Waals surface area contributed by atoms with Crippen molar-refractivity contribution in [3.8, 4) is 6.07 Å². The summed E-state index contributed by atoms with van der Waals surface area (Å²) in [5.41, 5.74) is 1.53. The first-order valence-electron chi connectivity index (χ1n) is 12.9. The molecule has 0 spiro atoms. The zero-order chi connectivity index (χ0) is 27.6. The molecule has 0 aliphatic carbocycles. The van der Waals surface area contributed by atoms with Gasteiger partial charge in [-0.1, -0.05) is 50.0 Å². The predicted molar refractivity (Wildman–Crippen MR) is 156 cm³/mol. The van der Waals surface area contributed by atoms with Gasteiger partial charge in [-0.3, -0.25) is 19.1 Å². The molecule has 7 nitrogen and oxygen atoms in total. The van der Waals surface area contributed by atoms with Crippen LogP contribution in [0.4, 0.5) is 15.9 Å². The quantitative estimate of drug-likeness (QED) is 0.357. The maximum absolute atomic E-state index is 14.4. The van der Waals surface area contributed by atoms with Crippen molar-refractivity contribution >= 4 is 51.8 Å². The Hall–Kier alpha value is -3.16. The number of piperazine rings is 1. The lowest BCUT2D eigenvalue weighted by Gasteiger charge is -2.39. The minimum Gasteiger partial charge on any atom is -0.366 e. The van der Waals surface area contributed by atoms with Crippen LogP contribution in [0.25, 0.3) is 6.08 Å². The van der Waals surface area contributed by atoms with E-state index >= 15 is 0 Å². The third kappa shape index (κ3) is 5.09. The lowest BCUT2D eigenvalue weighted by atomic mass is 10.0. The van der Waals surface area contributed by atoms with E-state index in [9.17, 15) is 19.2 Å². The molecule has 2 saturated heterocycles. The summed E-state index contributed by atoms with van der Waals surface area (Å²) in [5, 5.41) is 9.87. The first kappa shape index (κ1) is 27.9. The standard InChI is InChI=1S/C28H32FN5O2S2/c1-5-11-33-25(32-14-12-31(13-15-32)23-10-8-7-9-22(23)29)20(19(4)21(17-30)26(33)35)16-24-27(36)34(18(3)6-2)28(37)38-24/h7-10,16,18H,5-6,11-15H2,1-4H3. The molecule has 1 aromatic heterocycles. The summed E-state index contributed by atoms with van der Waals surface area (Å²) in [6.45, 7) is 10.4. The number of para-hydroxylation sites is 1. The summed E-state index contributed by atoms with van der Waals surface area (Å²) < 4.78 is 16.6. The Bertz CT molecular complexity index is 1390. The Labute approximate surface area is 232 Å². The van der Waals surface area contributed by atoms with Gasteiger partial charge in [-0.05, 0) is 50.5 Å². The number of nitrogens with zero attached hydrogens (tertiary/aromatic N) is 5. The highest BCUT2D eigenvalue weighted by Crippen LogP contribution is 2.37. The smallest absolute Gasteiger partial charge is 0.270 e. The molecule has 38 heavy (non-hydrogen) atoms. The van der Waals surface area contributed by atoms with Gasteiger partial charge in [-0.2, -0.15) is 5.26 Å². The molecule has 0 bridgehead atoms. The van der Waals surface area contributed by atoms with E-state index in [0.29, 0.717) is 71.0 Å². The second-order valence-electron chi connectivity index (χ2n) is 9.54. The molecule has 2 aromatic rings. The molecule has 1 unspecified atom stereocenters. The Kier molecular flexibility index (Phi) is 8.58. The molecule has 200 valence electrons. The molecule has 0 N–H and O–H groups in total. The number of halogens is 1. The summed E-state index contributed by atoms with van der Waals surface area (Å²) >= 11 is 6.77. The highest BCUT2D eigenvalue weighted by Gasteiger charge is 2.36. The van der Waals surface area contributed by atoms with Crippen LogP contribution in [0.5, 0.6) is 0 Å². The molecule has 3 heterocycles. The molecule has 2 aliphatic heterocycles. The number of amides is 1. The number of nitriles is 1. The minimum atomic E-state index is -0.331. The van der Waals surface area contributed by atoms with E-state index < -0.39 is 0 Å². The molecule has 4 rings (SSSR count). The molecular formula is C28H32FN5O2S2. The van der Waals surface area contributed by atoms with Crippen molar-refractivity contribution in [2.75, 3.05) is 36.0 Å². The van der Waals surface area contributed by atoms with Crippen LogP contribution in [0.2, 0.25) is 0 Å². The van der Waals surface area contributed by atoms with Gasteiger partial charge in [-0.25, -0.2) is 4.39 Å². The van der Waals surface area contributed by atoms with Gasteiger partial charge in [0.05, 0.1) is 10.6 Å². The van der Waals surface area contributed by atoms with Crippen LogP contribution in [0, 0.1) is 24.1 Å². The van der Waals surface area contributed by atoms with Crippen LogP contribution in [-0.2, 0) is 11.3 Å². The number of rotatable bonds is 7. The van der Waals surface area contributed by atoms with Crippen molar-refractivity contribution in [1.82, 2.24) is 9.47 Å². The Morgan fingerprint density at radius 2 is 1.82 bits per heavy atom. The molecular weight excluding hydrogens is 521 g/mol. The maximum Gasteiger partial charge on any atom is 0.270 e. The number of carbonyl (C=O) groups excluding carboxylic acids is 1. The first-order chi connectivity index (χ1) is 18.2. The van der Waals surface area contributed by atoms with Gasteiger partial charge < -0.3 is 9.80 Å². The number of hydrogen-bond acceptors (Lipinski definition) is 7. The lowest BCUT2D eigenvalue weighted by molar-refractivity contribution is -0.123. The average Bonchev–Trinajstić information content (AvgIpc) is 3.19. The Morgan fingerprint density at radius 1 is 1.16 bits per heavy atom. The van der Waals surface area contributed by atoms with Gasteiger partial charge in [0, 0.05) is 44.3 Å². The summed E-state index contributed by atoms with van der Waals surface area (Å²) in [7, 11) is 0. The second-order valence-corrected chi connectivity index (χ2v) is 11.2. The van der Waals surface area contributed by atoms with Crippen molar-refractivity contribution in [1.29, 1.82) is 5.26 Å². The fourth-order valence-electron chi connectivity index (χ4n) is 4.96. The van der Waals surface area contributed by atoms with Crippen LogP contribution in [0.1, 0.15) is 50.3 Å². The van der Waals surface area contributed by atoms with E-state index in [2.05, 4.69) is 11.0 Å².